The van der Waals surface area contributed by atoms with Crippen molar-refractivity contribution >= 4 is 0 Å². The molecule has 1 N–H and O–H groups in total. The van der Waals surface area contributed by atoms with Crippen LogP contribution in [0.4, 0.5) is 0 Å². The second-order valence-electron chi connectivity index (χ2n) is 4.94. The van der Waals surface area contributed by atoms with Crippen LogP contribution in [0.25, 0.3) is 11.1 Å². The van der Waals surface area contributed by atoms with Crippen molar-refractivity contribution in [1.29, 1.82) is 0 Å². The van der Waals surface area contributed by atoms with E-state index in [1.807, 2.05) is 12.1 Å². The van der Waals surface area contributed by atoms with Gasteiger partial charge in [-0.1, -0.05) is 45.0 Å². The summed E-state index contributed by atoms with van der Waals surface area (Å²) < 4.78 is 0. The summed E-state index contributed by atoms with van der Waals surface area (Å²) in [6.07, 6.45) is 3.02. The second kappa shape index (κ2) is 5.92. The maximum absolute atomic E-state index is 9.85. The molecule has 0 heterocycles. The molecule has 0 aliphatic carbocycles. The molecular formula is C18H22O. The number of phenolic OH excluding ortho intramolecular Hbond substituents is 1. The van der Waals surface area contributed by atoms with Gasteiger partial charge in [-0.25, -0.2) is 0 Å². The summed E-state index contributed by atoms with van der Waals surface area (Å²) in [4.78, 5) is 0. The third-order valence-corrected chi connectivity index (χ3v) is 3.66. The Morgan fingerprint density at radius 2 is 1.53 bits per heavy atom. The van der Waals surface area contributed by atoms with Crippen LogP contribution in [-0.2, 0) is 19.3 Å². The second-order valence-corrected chi connectivity index (χ2v) is 4.94. The lowest BCUT2D eigenvalue weighted by Gasteiger charge is -2.12. The summed E-state index contributed by atoms with van der Waals surface area (Å²) in [6.45, 7) is 6.47. The zero-order valence-electron chi connectivity index (χ0n) is 12.0. The van der Waals surface area contributed by atoms with Crippen LogP contribution in [0, 0.1) is 0 Å². The van der Waals surface area contributed by atoms with Crippen LogP contribution in [0.1, 0.15) is 37.5 Å². The van der Waals surface area contributed by atoms with Crippen molar-refractivity contribution in [2.75, 3.05) is 0 Å². The van der Waals surface area contributed by atoms with Gasteiger partial charge in [0.1, 0.15) is 5.75 Å². The lowest BCUT2D eigenvalue weighted by atomic mass is 9.94. The van der Waals surface area contributed by atoms with E-state index in [4.69, 9.17) is 0 Å². The molecule has 0 radical (unpaired) electrons. The molecule has 0 unspecified atom stereocenters. The molecule has 2 aromatic carbocycles. The molecule has 2 aromatic rings. The molecule has 1 nitrogen and oxygen atoms in total. The third kappa shape index (κ3) is 2.98. The van der Waals surface area contributed by atoms with Crippen LogP contribution in [0.3, 0.4) is 0 Å². The van der Waals surface area contributed by atoms with Crippen molar-refractivity contribution in [1.82, 2.24) is 0 Å². The normalized spacial score (nSPS) is 10.7. The first-order valence-electron chi connectivity index (χ1n) is 7.13. The van der Waals surface area contributed by atoms with Crippen LogP contribution in [0.15, 0.2) is 36.4 Å². The minimum atomic E-state index is 0.357. The SMILES string of the molecule is CCc1cc(O)cc(-c2ccc(CC)cc2CC)c1. The Morgan fingerprint density at radius 1 is 0.789 bits per heavy atom. The van der Waals surface area contributed by atoms with Crippen molar-refractivity contribution < 1.29 is 5.11 Å². The van der Waals surface area contributed by atoms with Gasteiger partial charge in [0.15, 0.2) is 0 Å². The third-order valence-electron chi connectivity index (χ3n) is 3.66. The Kier molecular flexibility index (Phi) is 4.26. The smallest absolute Gasteiger partial charge is 0.116 e. The van der Waals surface area contributed by atoms with Gasteiger partial charge < -0.3 is 5.11 Å². The molecule has 0 saturated heterocycles. The van der Waals surface area contributed by atoms with Gasteiger partial charge in [-0.05, 0) is 59.2 Å². The van der Waals surface area contributed by atoms with Crippen molar-refractivity contribution in [2.24, 2.45) is 0 Å². The van der Waals surface area contributed by atoms with E-state index in [1.54, 1.807) is 0 Å². The van der Waals surface area contributed by atoms with E-state index in [9.17, 15) is 5.11 Å². The van der Waals surface area contributed by atoms with Gasteiger partial charge in [-0.3, -0.25) is 0 Å². The van der Waals surface area contributed by atoms with E-state index in [2.05, 4.69) is 45.0 Å². The first kappa shape index (κ1) is 13.7. The van der Waals surface area contributed by atoms with Crippen LogP contribution in [0.2, 0.25) is 0 Å². The fourth-order valence-corrected chi connectivity index (χ4v) is 2.47. The lowest BCUT2D eigenvalue weighted by molar-refractivity contribution is 0.475. The molecule has 0 aliphatic rings. The number of benzene rings is 2. The van der Waals surface area contributed by atoms with E-state index in [0.29, 0.717) is 5.75 Å². The molecule has 0 saturated carbocycles. The molecule has 0 aliphatic heterocycles. The highest BCUT2D eigenvalue weighted by Gasteiger charge is 2.07. The number of hydrogen-bond acceptors (Lipinski definition) is 1. The minimum Gasteiger partial charge on any atom is -0.508 e. The quantitative estimate of drug-likeness (QED) is 0.835. The number of aryl methyl sites for hydroxylation is 3. The molecule has 0 amide bonds. The van der Waals surface area contributed by atoms with Crippen LogP contribution >= 0.6 is 0 Å². The van der Waals surface area contributed by atoms with Crippen molar-refractivity contribution in [3.05, 3.63) is 53.1 Å². The summed E-state index contributed by atoms with van der Waals surface area (Å²) >= 11 is 0. The van der Waals surface area contributed by atoms with Crippen LogP contribution in [-0.4, -0.2) is 5.11 Å². The highest BCUT2D eigenvalue weighted by Crippen LogP contribution is 2.29. The Bertz CT molecular complexity index is 570. The highest BCUT2D eigenvalue weighted by atomic mass is 16.3. The van der Waals surface area contributed by atoms with Gasteiger partial charge in [0.05, 0.1) is 0 Å². The molecule has 2 rings (SSSR count). The van der Waals surface area contributed by atoms with Gasteiger partial charge in [0.2, 0.25) is 0 Å². The van der Waals surface area contributed by atoms with Gasteiger partial charge in [0, 0.05) is 0 Å². The summed E-state index contributed by atoms with van der Waals surface area (Å²) in [5.41, 5.74) is 6.27. The highest BCUT2D eigenvalue weighted by molar-refractivity contribution is 5.70. The van der Waals surface area contributed by atoms with E-state index in [0.717, 1.165) is 24.8 Å². The average Bonchev–Trinajstić information content (AvgIpc) is 2.45. The van der Waals surface area contributed by atoms with E-state index in [-0.39, 0.29) is 0 Å². The van der Waals surface area contributed by atoms with Crippen molar-refractivity contribution in [3.8, 4) is 16.9 Å². The number of phenols is 1. The Balaban J connectivity index is 2.54. The van der Waals surface area contributed by atoms with Crippen LogP contribution < -0.4 is 0 Å². The first-order chi connectivity index (χ1) is 9.17. The van der Waals surface area contributed by atoms with E-state index >= 15 is 0 Å². The van der Waals surface area contributed by atoms with Gasteiger partial charge in [0.25, 0.3) is 0 Å². The zero-order chi connectivity index (χ0) is 13.8. The van der Waals surface area contributed by atoms with E-state index < -0.39 is 0 Å². The molecule has 100 valence electrons. The van der Waals surface area contributed by atoms with Crippen molar-refractivity contribution in [3.63, 3.8) is 0 Å². The van der Waals surface area contributed by atoms with Crippen LogP contribution in [0.5, 0.6) is 5.75 Å². The summed E-state index contributed by atoms with van der Waals surface area (Å²) in [5.74, 6) is 0.357. The summed E-state index contributed by atoms with van der Waals surface area (Å²) in [7, 11) is 0. The Morgan fingerprint density at radius 3 is 2.16 bits per heavy atom. The minimum absolute atomic E-state index is 0.357. The largest absolute Gasteiger partial charge is 0.508 e. The number of aromatic hydroxyl groups is 1. The molecule has 0 bridgehead atoms. The monoisotopic (exact) mass is 254 g/mol. The maximum Gasteiger partial charge on any atom is 0.116 e. The number of hydrogen-bond donors (Lipinski definition) is 1. The summed E-state index contributed by atoms with van der Waals surface area (Å²) in [5, 5.41) is 9.85. The van der Waals surface area contributed by atoms with Gasteiger partial charge >= 0.3 is 0 Å². The molecule has 0 atom stereocenters. The van der Waals surface area contributed by atoms with Gasteiger partial charge in [-0.2, -0.15) is 0 Å². The predicted molar refractivity (Wildman–Crippen MR) is 81.7 cm³/mol. The van der Waals surface area contributed by atoms with E-state index in [1.165, 1.54) is 22.3 Å². The average molecular weight is 254 g/mol. The fraction of sp³-hybridized carbons (Fsp3) is 0.333. The maximum atomic E-state index is 9.85. The number of rotatable bonds is 4. The summed E-state index contributed by atoms with van der Waals surface area (Å²) in [6, 6.07) is 12.5. The molecule has 0 fully saturated rings. The first-order valence-corrected chi connectivity index (χ1v) is 7.13. The lowest BCUT2D eigenvalue weighted by Crippen LogP contribution is -1.92. The topological polar surface area (TPSA) is 20.2 Å². The Labute approximate surface area is 115 Å². The van der Waals surface area contributed by atoms with Gasteiger partial charge in [-0.15, -0.1) is 0 Å². The standard InChI is InChI=1S/C18H22O/c1-4-13-7-8-18(15(6-3)9-13)16-10-14(5-2)11-17(19)12-16/h7-12,19H,4-6H2,1-3H3. The molecule has 19 heavy (non-hydrogen) atoms. The van der Waals surface area contributed by atoms with Crippen molar-refractivity contribution in [2.45, 2.75) is 40.0 Å². The fourth-order valence-electron chi connectivity index (χ4n) is 2.47. The molecular weight excluding hydrogens is 232 g/mol. The predicted octanol–water partition coefficient (Wildman–Crippen LogP) is 4.75. The Hall–Kier alpha value is -1.76. The molecule has 0 spiro atoms. The molecule has 1 heteroatoms. The molecule has 0 aromatic heterocycles. The zero-order valence-corrected chi connectivity index (χ0v) is 12.0.